The molecule has 1 aliphatic rings. The van der Waals surface area contributed by atoms with Crippen LogP contribution < -0.4 is 0 Å². The fourth-order valence-corrected chi connectivity index (χ4v) is 1.22. The molecule has 2 heteroatoms. The minimum atomic E-state index is -0.895. The summed E-state index contributed by atoms with van der Waals surface area (Å²) in [6, 6.07) is 0. The molecule has 3 atom stereocenters. The highest BCUT2D eigenvalue weighted by molar-refractivity contribution is 4.76. The Balaban J connectivity index is 2.35. The fourth-order valence-electron chi connectivity index (χ4n) is 1.22. The molecule has 0 bridgehead atoms. The van der Waals surface area contributed by atoms with E-state index in [0.717, 1.165) is 0 Å². The van der Waals surface area contributed by atoms with Gasteiger partial charge in [-0.1, -0.05) is 6.92 Å². The van der Waals surface area contributed by atoms with E-state index < -0.39 is 12.3 Å². The maximum atomic E-state index is 12.6. The van der Waals surface area contributed by atoms with E-state index in [1.807, 2.05) is 6.92 Å². The Morgan fingerprint density at radius 2 is 1.89 bits per heavy atom. The van der Waals surface area contributed by atoms with Crippen molar-refractivity contribution in [1.82, 2.24) is 0 Å². The first-order valence-electron chi connectivity index (χ1n) is 3.48. The number of rotatable bonds is 0. The van der Waals surface area contributed by atoms with Crippen molar-refractivity contribution >= 4 is 0 Å². The van der Waals surface area contributed by atoms with Crippen LogP contribution in [0.4, 0.5) is 8.78 Å². The van der Waals surface area contributed by atoms with Crippen molar-refractivity contribution in [2.24, 2.45) is 5.92 Å². The average Bonchev–Trinajstić information content (AvgIpc) is 1.80. The number of hydrogen-bond acceptors (Lipinski definition) is 0. The Hall–Kier alpha value is -0.140. The lowest BCUT2D eigenvalue weighted by atomic mass is 9.88. The Morgan fingerprint density at radius 3 is 2.33 bits per heavy atom. The molecular weight excluding hydrogens is 122 g/mol. The minimum absolute atomic E-state index is 0.0806. The summed E-state index contributed by atoms with van der Waals surface area (Å²) in [5.74, 6) is 0.0806. The second-order valence-electron chi connectivity index (χ2n) is 2.90. The van der Waals surface area contributed by atoms with Gasteiger partial charge in [-0.25, -0.2) is 8.78 Å². The monoisotopic (exact) mass is 134 g/mol. The zero-order valence-corrected chi connectivity index (χ0v) is 5.61. The summed E-state index contributed by atoms with van der Waals surface area (Å²) in [4.78, 5) is 0. The summed E-state index contributed by atoms with van der Waals surface area (Å²) >= 11 is 0. The molecule has 2 unspecified atom stereocenters. The Morgan fingerprint density at radius 1 is 1.22 bits per heavy atom. The van der Waals surface area contributed by atoms with E-state index in [1.165, 1.54) is 0 Å². The van der Waals surface area contributed by atoms with Crippen molar-refractivity contribution in [2.75, 3.05) is 0 Å². The number of halogens is 2. The van der Waals surface area contributed by atoms with E-state index >= 15 is 0 Å². The molecule has 0 saturated heterocycles. The highest BCUT2D eigenvalue weighted by atomic mass is 19.1. The van der Waals surface area contributed by atoms with Crippen LogP contribution in [-0.4, -0.2) is 12.3 Å². The maximum absolute atomic E-state index is 12.6. The SMILES string of the molecule is CC1CCC(F)C[C@H]1F. The average molecular weight is 134 g/mol. The number of hydrogen-bond donors (Lipinski definition) is 0. The Kier molecular flexibility index (Phi) is 2.04. The van der Waals surface area contributed by atoms with Gasteiger partial charge in [0, 0.05) is 6.42 Å². The first-order chi connectivity index (χ1) is 4.20. The maximum Gasteiger partial charge on any atom is 0.105 e. The van der Waals surface area contributed by atoms with E-state index in [-0.39, 0.29) is 12.3 Å². The van der Waals surface area contributed by atoms with Crippen LogP contribution in [-0.2, 0) is 0 Å². The van der Waals surface area contributed by atoms with Crippen molar-refractivity contribution in [3.63, 3.8) is 0 Å². The summed E-state index contributed by atoms with van der Waals surface area (Å²) in [7, 11) is 0. The van der Waals surface area contributed by atoms with Gasteiger partial charge in [0.15, 0.2) is 0 Å². The van der Waals surface area contributed by atoms with E-state index in [0.29, 0.717) is 12.8 Å². The predicted molar refractivity (Wildman–Crippen MR) is 32.8 cm³/mol. The van der Waals surface area contributed by atoms with E-state index in [4.69, 9.17) is 0 Å². The molecule has 0 radical (unpaired) electrons. The van der Waals surface area contributed by atoms with E-state index in [1.54, 1.807) is 0 Å². The summed E-state index contributed by atoms with van der Waals surface area (Å²) in [5, 5.41) is 0. The van der Waals surface area contributed by atoms with E-state index in [9.17, 15) is 8.78 Å². The van der Waals surface area contributed by atoms with Crippen LogP contribution in [0.25, 0.3) is 0 Å². The third-order valence-electron chi connectivity index (χ3n) is 2.03. The van der Waals surface area contributed by atoms with Crippen molar-refractivity contribution in [2.45, 2.75) is 38.5 Å². The Bertz CT molecular complexity index is 92.9. The van der Waals surface area contributed by atoms with Gasteiger partial charge in [-0.05, 0) is 18.8 Å². The molecule has 1 aliphatic carbocycles. The second kappa shape index (κ2) is 2.63. The first kappa shape index (κ1) is 6.97. The standard InChI is InChI=1S/C7H12F2/c1-5-2-3-6(8)4-7(5)9/h5-7H,2-4H2,1H3/t5?,6?,7-/m1/s1. The zero-order valence-electron chi connectivity index (χ0n) is 5.61. The lowest BCUT2D eigenvalue weighted by molar-refractivity contribution is 0.111. The van der Waals surface area contributed by atoms with Crippen LogP contribution in [0.15, 0.2) is 0 Å². The molecule has 0 aromatic carbocycles. The third kappa shape index (κ3) is 1.63. The van der Waals surface area contributed by atoms with Crippen molar-refractivity contribution in [3.05, 3.63) is 0 Å². The van der Waals surface area contributed by atoms with Crippen molar-refractivity contribution in [1.29, 1.82) is 0 Å². The van der Waals surface area contributed by atoms with Gasteiger partial charge >= 0.3 is 0 Å². The van der Waals surface area contributed by atoms with Crippen LogP contribution in [0.3, 0.4) is 0 Å². The van der Waals surface area contributed by atoms with Gasteiger partial charge in [0.2, 0.25) is 0 Å². The molecule has 0 aromatic rings. The summed E-state index contributed by atoms with van der Waals surface area (Å²) in [5.41, 5.74) is 0. The first-order valence-corrected chi connectivity index (χ1v) is 3.48. The van der Waals surface area contributed by atoms with Crippen molar-refractivity contribution in [3.8, 4) is 0 Å². The predicted octanol–water partition coefficient (Wildman–Crippen LogP) is 2.48. The third-order valence-corrected chi connectivity index (χ3v) is 2.03. The van der Waals surface area contributed by atoms with Gasteiger partial charge in [-0.2, -0.15) is 0 Å². The molecule has 0 spiro atoms. The van der Waals surface area contributed by atoms with Crippen LogP contribution in [0.1, 0.15) is 26.2 Å². The van der Waals surface area contributed by atoms with Crippen molar-refractivity contribution < 1.29 is 8.78 Å². The molecule has 0 amide bonds. The minimum Gasteiger partial charge on any atom is -0.247 e. The molecule has 0 N–H and O–H groups in total. The zero-order chi connectivity index (χ0) is 6.85. The molecule has 54 valence electrons. The summed E-state index contributed by atoms with van der Waals surface area (Å²) in [6.45, 7) is 1.84. The quantitative estimate of drug-likeness (QED) is 0.477. The van der Waals surface area contributed by atoms with Gasteiger partial charge in [-0.15, -0.1) is 0 Å². The highest BCUT2D eigenvalue weighted by Gasteiger charge is 2.26. The topological polar surface area (TPSA) is 0 Å². The van der Waals surface area contributed by atoms with Crippen LogP contribution in [0.5, 0.6) is 0 Å². The van der Waals surface area contributed by atoms with Gasteiger partial charge in [0.25, 0.3) is 0 Å². The molecule has 0 aliphatic heterocycles. The molecule has 0 heterocycles. The van der Waals surface area contributed by atoms with Gasteiger partial charge in [0.1, 0.15) is 12.3 Å². The van der Waals surface area contributed by atoms with Gasteiger partial charge in [0.05, 0.1) is 0 Å². The molecule has 0 nitrogen and oxygen atoms in total. The van der Waals surface area contributed by atoms with Crippen LogP contribution >= 0.6 is 0 Å². The van der Waals surface area contributed by atoms with Gasteiger partial charge in [-0.3, -0.25) is 0 Å². The van der Waals surface area contributed by atoms with Crippen LogP contribution in [0, 0.1) is 5.92 Å². The molecule has 9 heavy (non-hydrogen) atoms. The molecule has 1 saturated carbocycles. The molecule has 0 aromatic heterocycles. The summed E-state index contributed by atoms with van der Waals surface area (Å²) in [6.07, 6.45) is -0.379. The molecular formula is C7H12F2. The lowest BCUT2D eigenvalue weighted by Gasteiger charge is -2.24. The van der Waals surface area contributed by atoms with Gasteiger partial charge < -0.3 is 0 Å². The largest absolute Gasteiger partial charge is 0.247 e. The van der Waals surface area contributed by atoms with Crippen LogP contribution in [0.2, 0.25) is 0 Å². The fraction of sp³-hybridized carbons (Fsp3) is 1.00. The highest BCUT2D eigenvalue weighted by Crippen LogP contribution is 2.28. The smallest absolute Gasteiger partial charge is 0.105 e. The molecule has 1 fully saturated rings. The Labute approximate surface area is 54.3 Å². The lowest BCUT2D eigenvalue weighted by Crippen LogP contribution is -2.24. The normalized spacial score (nSPS) is 45.0. The second-order valence-corrected chi connectivity index (χ2v) is 2.90. The summed E-state index contributed by atoms with van der Waals surface area (Å²) < 4.78 is 25.0. The molecule has 1 rings (SSSR count). The van der Waals surface area contributed by atoms with E-state index in [2.05, 4.69) is 0 Å². The number of alkyl halides is 2.